The van der Waals surface area contributed by atoms with Gasteiger partial charge in [0.15, 0.2) is 0 Å². The summed E-state index contributed by atoms with van der Waals surface area (Å²) in [5.41, 5.74) is 5.35. The number of rotatable bonds is 4. The number of esters is 1. The molecule has 0 spiro atoms. The predicted molar refractivity (Wildman–Crippen MR) is 91.0 cm³/mol. The van der Waals surface area contributed by atoms with Crippen LogP contribution >= 0.6 is 0 Å². The molecule has 7 heteroatoms. The molecule has 0 saturated heterocycles. The lowest BCUT2D eigenvalue weighted by molar-refractivity contribution is -0.143. The van der Waals surface area contributed by atoms with Crippen molar-refractivity contribution in [2.45, 2.75) is 51.7 Å². The summed E-state index contributed by atoms with van der Waals surface area (Å²) in [5, 5.41) is 12.6. The van der Waals surface area contributed by atoms with E-state index in [1.54, 1.807) is 40.7 Å². The van der Waals surface area contributed by atoms with E-state index in [0.29, 0.717) is 5.56 Å². The van der Waals surface area contributed by atoms with Gasteiger partial charge in [-0.3, -0.25) is 10.1 Å². The monoisotopic (exact) mass is 338 g/mol. The molecular weight excluding hydrogens is 312 g/mol. The van der Waals surface area contributed by atoms with Crippen LogP contribution in [0.4, 0.5) is 10.5 Å². The Hall–Kier alpha value is -2.28. The fourth-order valence-corrected chi connectivity index (χ4v) is 2.05. The fraction of sp³-hybridized carbons (Fsp3) is 0.529. The zero-order valence-corrected chi connectivity index (χ0v) is 15.0. The van der Waals surface area contributed by atoms with Crippen molar-refractivity contribution in [1.82, 2.24) is 0 Å². The van der Waals surface area contributed by atoms with Gasteiger partial charge in [0.25, 0.3) is 0 Å². The second-order valence-corrected chi connectivity index (χ2v) is 7.08. The number of benzene rings is 1. The highest BCUT2D eigenvalue weighted by Crippen LogP contribution is 2.33. The molecule has 1 amide bonds. The summed E-state index contributed by atoms with van der Waals surface area (Å²) < 4.78 is 9.81. The molecular formula is C17H26N2O5. The van der Waals surface area contributed by atoms with Crippen LogP contribution in [0.15, 0.2) is 18.2 Å². The number of nitrogens with one attached hydrogen (secondary N) is 1. The summed E-state index contributed by atoms with van der Waals surface area (Å²) >= 11 is 0. The molecule has 1 atom stereocenters. The van der Waals surface area contributed by atoms with Gasteiger partial charge in [-0.05, 0) is 38.5 Å². The van der Waals surface area contributed by atoms with Gasteiger partial charge in [-0.25, -0.2) is 4.79 Å². The van der Waals surface area contributed by atoms with Crippen LogP contribution in [0.1, 0.15) is 40.2 Å². The largest absolute Gasteiger partial charge is 0.506 e. The minimum absolute atomic E-state index is 0.150. The Morgan fingerprint density at radius 3 is 2.25 bits per heavy atom. The highest BCUT2D eigenvalue weighted by molar-refractivity contribution is 5.87. The molecule has 1 unspecified atom stereocenters. The van der Waals surface area contributed by atoms with E-state index in [0.717, 1.165) is 0 Å². The number of aromatic hydroxyl groups is 1. The van der Waals surface area contributed by atoms with Gasteiger partial charge in [-0.2, -0.15) is 0 Å². The third-order valence-electron chi connectivity index (χ3n) is 3.61. The van der Waals surface area contributed by atoms with E-state index < -0.39 is 29.1 Å². The van der Waals surface area contributed by atoms with Crippen LogP contribution in [0.5, 0.6) is 5.75 Å². The third-order valence-corrected chi connectivity index (χ3v) is 3.61. The molecule has 0 aliphatic rings. The van der Waals surface area contributed by atoms with Gasteiger partial charge in [-0.1, -0.05) is 19.9 Å². The molecule has 134 valence electrons. The molecule has 24 heavy (non-hydrogen) atoms. The Morgan fingerprint density at radius 2 is 1.79 bits per heavy atom. The number of phenolic OH excluding ortho intramolecular Hbond substituents is 1. The Labute approximate surface area is 142 Å². The molecule has 1 aromatic rings. The Bertz CT molecular complexity index is 620. The van der Waals surface area contributed by atoms with Crippen molar-refractivity contribution in [3.05, 3.63) is 23.8 Å². The maximum absolute atomic E-state index is 11.8. The first-order valence-corrected chi connectivity index (χ1v) is 7.55. The number of nitrogens with two attached hydrogens (primary N) is 1. The molecule has 4 N–H and O–H groups in total. The van der Waals surface area contributed by atoms with Crippen molar-refractivity contribution in [2.75, 3.05) is 12.4 Å². The van der Waals surface area contributed by atoms with Crippen LogP contribution in [0.3, 0.4) is 0 Å². The average Bonchev–Trinajstić information content (AvgIpc) is 2.45. The number of hydrogen-bond donors (Lipinski definition) is 3. The molecule has 0 heterocycles. The number of methoxy groups -OCH3 is 1. The second-order valence-electron chi connectivity index (χ2n) is 7.08. The number of ether oxygens (including phenoxy) is 2. The molecule has 0 radical (unpaired) electrons. The summed E-state index contributed by atoms with van der Waals surface area (Å²) in [6.45, 7) is 8.76. The van der Waals surface area contributed by atoms with Gasteiger partial charge in [0.1, 0.15) is 17.4 Å². The number of amides is 1. The van der Waals surface area contributed by atoms with E-state index in [9.17, 15) is 14.7 Å². The lowest BCUT2D eigenvalue weighted by Gasteiger charge is -2.30. The van der Waals surface area contributed by atoms with E-state index in [-0.39, 0.29) is 11.4 Å². The van der Waals surface area contributed by atoms with E-state index >= 15 is 0 Å². The van der Waals surface area contributed by atoms with Crippen molar-refractivity contribution in [1.29, 1.82) is 0 Å². The molecule has 0 aliphatic carbocycles. The first-order chi connectivity index (χ1) is 10.9. The maximum atomic E-state index is 11.8. The van der Waals surface area contributed by atoms with Crippen LogP contribution in [0.25, 0.3) is 0 Å². The van der Waals surface area contributed by atoms with Crippen molar-refractivity contribution in [3.63, 3.8) is 0 Å². The van der Waals surface area contributed by atoms with Crippen LogP contribution in [0.2, 0.25) is 0 Å². The molecule has 7 nitrogen and oxygen atoms in total. The van der Waals surface area contributed by atoms with E-state index in [1.807, 2.05) is 0 Å². The number of phenols is 1. The van der Waals surface area contributed by atoms with Crippen molar-refractivity contribution >= 4 is 17.7 Å². The highest BCUT2D eigenvalue weighted by Gasteiger charge is 2.35. The topological polar surface area (TPSA) is 111 Å². The number of carbonyl (C=O) groups is 2. The zero-order valence-electron chi connectivity index (χ0n) is 15.0. The standard InChI is InChI=1S/C17H26N2O5/c1-16(2,3)24-15(22)19-11-8-7-10(9-12(11)20)17(4,5)13(18)14(21)23-6/h7-9,13,20H,18H2,1-6H3,(H,19,22). The van der Waals surface area contributed by atoms with Crippen molar-refractivity contribution in [3.8, 4) is 5.75 Å². The first-order valence-electron chi connectivity index (χ1n) is 7.55. The lowest BCUT2D eigenvalue weighted by atomic mass is 9.78. The van der Waals surface area contributed by atoms with E-state index in [2.05, 4.69) is 10.1 Å². The average molecular weight is 338 g/mol. The van der Waals surface area contributed by atoms with Gasteiger partial charge < -0.3 is 20.3 Å². The van der Waals surface area contributed by atoms with Crippen LogP contribution < -0.4 is 11.1 Å². The number of anilines is 1. The predicted octanol–water partition coefficient (Wildman–Crippen LogP) is 2.52. The quantitative estimate of drug-likeness (QED) is 0.574. The first kappa shape index (κ1) is 19.8. The third kappa shape index (κ3) is 4.86. The number of hydrogen-bond acceptors (Lipinski definition) is 6. The van der Waals surface area contributed by atoms with Crippen LogP contribution in [-0.2, 0) is 19.7 Å². The van der Waals surface area contributed by atoms with Gasteiger partial charge in [0.2, 0.25) is 0 Å². The minimum Gasteiger partial charge on any atom is -0.506 e. The molecule has 0 bridgehead atoms. The summed E-state index contributed by atoms with van der Waals surface area (Å²) in [5.74, 6) is -0.695. The van der Waals surface area contributed by atoms with Crippen LogP contribution in [-0.4, -0.2) is 35.9 Å². The molecule has 0 aliphatic heterocycles. The summed E-state index contributed by atoms with van der Waals surface area (Å²) in [6.07, 6.45) is -0.670. The molecule has 0 fully saturated rings. The summed E-state index contributed by atoms with van der Waals surface area (Å²) in [4.78, 5) is 23.5. The van der Waals surface area contributed by atoms with E-state index in [4.69, 9.17) is 10.5 Å². The SMILES string of the molecule is COC(=O)C(N)C(C)(C)c1ccc(NC(=O)OC(C)(C)C)c(O)c1. The molecule has 0 aromatic heterocycles. The van der Waals surface area contributed by atoms with Crippen LogP contribution in [0, 0.1) is 0 Å². The summed E-state index contributed by atoms with van der Waals surface area (Å²) in [6, 6.07) is 3.76. The Balaban J connectivity index is 2.99. The molecule has 1 aromatic carbocycles. The van der Waals surface area contributed by atoms with Gasteiger partial charge in [0.05, 0.1) is 12.8 Å². The van der Waals surface area contributed by atoms with Crippen molar-refractivity contribution in [2.24, 2.45) is 5.73 Å². The van der Waals surface area contributed by atoms with Gasteiger partial charge >= 0.3 is 12.1 Å². The van der Waals surface area contributed by atoms with Gasteiger partial charge in [0, 0.05) is 5.41 Å². The smallest absolute Gasteiger partial charge is 0.412 e. The molecule has 0 saturated carbocycles. The Kier molecular flexibility index (Phi) is 5.84. The van der Waals surface area contributed by atoms with Gasteiger partial charge in [-0.15, -0.1) is 0 Å². The highest BCUT2D eigenvalue weighted by atomic mass is 16.6. The van der Waals surface area contributed by atoms with Crippen molar-refractivity contribution < 1.29 is 24.2 Å². The number of carbonyl (C=O) groups excluding carboxylic acids is 2. The van der Waals surface area contributed by atoms with E-state index in [1.165, 1.54) is 19.2 Å². The molecule has 1 rings (SSSR count). The lowest BCUT2D eigenvalue weighted by Crippen LogP contribution is -2.47. The fourth-order valence-electron chi connectivity index (χ4n) is 2.05. The minimum atomic E-state index is -0.897. The zero-order chi connectivity index (χ0) is 18.7. The second kappa shape index (κ2) is 7.09. The maximum Gasteiger partial charge on any atom is 0.412 e. The Morgan fingerprint density at radius 1 is 1.21 bits per heavy atom. The normalized spacial score (nSPS) is 13.1. The summed E-state index contributed by atoms with van der Waals surface area (Å²) in [7, 11) is 1.27.